The van der Waals surface area contributed by atoms with Crippen molar-refractivity contribution >= 4 is 11.7 Å². The van der Waals surface area contributed by atoms with Crippen molar-refractivity contribution < 1.29 is 23.6 Å². The van der Waals surface area contributed by atoms with E-state index in [0.29, 0.717) is 35.1 Å². The molecule has 1 amide bonds. The number of nitrogens with zero attached hydrogens (tertiary/aromatic N) is 4. The first kappa shape index (κ1) is 22.5. The Morgan fingerprint density at radius 2 is 1.79 bits per heavy atom. The van der Waals surface area contributed by atoms with Crippen LogP contribution >= 0.6 is 0 Å². The average Bonchev–Trinajstić information content (AvgIpc) is 3.32. The number of hydrogen-bond acceptors (Lipinski definition) is 9. The van der Waals surface area contributed by atoms with Crippen LogP contribution in [-0.2, 0) is 0 Å². The van der Waals surface area contributed by atoms with Crippen LogP contribution in [0, 0.1) is 0 Å². The zero-order valence-electron chi connectivity index (χ0n) is 18.6. The Labute approximate surface area is 193 Å². The number of methoxy groups -OCH3 is 2. The van der Waals surface area contributed by atoms with Crippen LogP contribution in [0.3, 0.4) is 0 Å². The summed E-state index contributed by atoms with van der Waals surface area (Å²) in [4.78, 5) is 25.3. The van der Waals surface area contributed by atoms with Gasteiger partial charge in [0.25, 0.3) is 5.91 Å². The maximum absolute atomic E-state index is 12.9. The van der Waals surface area contributed by atoms with Gasteiger partial charge < -0.3 is 19.5 Å². The number of carbonyl (C=O) groups excluding carboxylic acids is 1. The molecule has 0 aliphatic heterocycles. The Kier molecular flexibility index (Phi) is 6.53. The van der Waals surface area contributed by atoms with E-state index in [4.69, 9.17) is 18.8 Å². The summed E-state index contributed by atoms with van der Waals surface area (Å²) in [6.07, 6.45) is 1.47. The number of hydrogen-bond donors (Lipinski definition) is 1. The lowest BCUT2D eigenvalue weighted by Crippen LogP contribution is -2.25. The predicted octanol–water partition coefficient (Wildman–Crippen LogP) is 2.95. The second kappa shape index (κ2) is 9.86. The number of amides is 1. The molecule has 0 atom stereocenters. The number of aromatic nitrogens is 4. The van der Waals surface area contributed by atoms with Crippen LogP contribution in [0.25, 0.3) is 16.9 Å². The van der Waals surface area contributed by atoms with E-state index >= 15 is 0 Å². The lowest BCUT2D eigenvalue weighted by Gasteiger charge is -2.09. The topological polar surface area (TPSA) is 131 Å². The molecule has 11 heteroatoms. The van der Waals surface area contributed by atoms with Gasteiger partial charge in [-0.25, -0.2) is 9.31 Å². The number of rotatable bonds is 8. The van der Waals surface area contributed by atoms with Crippen molar-refractivity contribution in [2.24, 2.45) is 0 Å². The Hall–Kier alpha value is -4.67. The monoisotopic (exact) mass is 463 g/mol. The molecule has 0 fully saturated rings. The smallest absolute Gasteiger partial charge is 0.281 e. The SMILES string of the molecule is CCOc1ccc(-n2ccc(=O)c(C(=O)Nc3nonc3-c3ccc(OC)c(OC)c3)n2)cc1. The number of carbonyl (C=O) groups is 1. The summed E-state index contributed by atoms with van der Waals surface area (Å²) in [5, 5.41) is 14.3. The van der Waals surface area contributed by atoms with Crippen LogP contribution in [0.4, 0.5) is 5.82 Å². The van der Waals surface area contributed by atoms with Crippen molar-refractivity contribution in [3.63, 3.8) is 0 Å². The molecular weight excluding hydrogens is 442 g/mol. The largest absolute Gasteiger partial charge is 0.494 e. The van der Waals surface area contributed by atoms with Gasteiger partial charge in [0.1, 0.15) is 5.75 Å². The van der Waals surface area contributed by atoms with Gasteiger partial charge in [-0.2, -0.15) is 5.10 Å². The highest BCUT2D eigenvalue weighted by Gasteiger charge is 2.20. The van der Waals surface area contributed by atoms with Gasteiger partial charge in [0.15, 0.2) is 22.9 Å². The summed E-state index contributed by atoms with van der Waals surface area (Å²) in [6, 6.07) is 13.4. The Bertz CT molecular complexity index is 1360. The molecule has 1 N–H and O–H groups in total. The molecule has 0 radical (unpaired) electrons. The molecule has 0 spiro atoms. The van der Waals surface area contributed by atoms with Crippen molar-refractivity contribution in [3.8, 4) is 34.2 Å². The highest BCUT2D eigenvalue weighted by Crippen LogP contribution is 2.33. The van der Waals surface area contributed by atoms with Gasteiger partial charge in [0.05, 0.1) is 26.5 Å². The van der Waals surface area contributed by atoms with Gasteiger partial charge in [-0.3, -0.25) is 9.59 Å². The molecule has 0 unspecified atom stereocenters. The van der Waals surface area contributed by atoms with Gasteiger partial charge >= 0.3 is 0 Å². The Balaban J connectivity index is 1.60. The van der Waals surface area contributed by atoms with Gasteiger partial charge in [0.2, 0.25) is 11.2 Å². The van der Waals surface area contributed by atoms with Crippen LogP contribution < -0.4 is 25.0 Å². The fourth-order valence-electron chi connectivity index (χ4n) is 3.18. The van der Waals surface area contributed by atoms with Crippen molar-refractivity contribution in [1.29, 1.82) is 0 Å². The third-order valence-corrected chi connectivity index (χ3v) is 4.81. The molecule has 0 aliphatic carbocycles. The molecule has 0 aliphatic rings. The van der Waals surface area contributed by atoms with Crippen molar-refractivity contribution in [1.82, 2.24) is 20.1 Å². The molecule has 2 heterocycles. The number of anilines is 1. The normalized spacial score (nSPS) is 10.6. The van der Waals surface area contributed by atoms with Gasteiger partial charge in [-0.1, -0.05) is 0 Å². The quantitative estimate of drug-likeness (QED) is 0.419. The van der Waals surface area contributed by atoms with E-state index in [1.54, 1.807) is 42.5 Å². The highest BCUT2D eigenvalue weighted by molar-refractivity contribution is 6.03. The minimum absolute atomic E-state index is 0.0230. The molecule has 2 aromatic carbocycles. The van der Waals surface area contributed by atoms with Crippen LogP contribution in [0.5, 0.6) is 17.2 Å². The first-order valence-corrected chi connectivity index (χ1v) is 10.2. The summed E-state index contributed by atoms with van der Waals surface area (Å²) in [5.41, 5.74) is 0.576. The van der Waals surface area contributed by atoms with Crippen molar-refractivity contribution in [3.05, 3.63) is 70.6 Å². The second-order valence-electron chi connectivity index (χ2n) is 6.89. The summed E-state index contributed by atoms with van der Waals surface area (Å²) in [7, 11) is 3.02. The van der Waals surface area contributed by atoms with E-state index in [9.17, 15) is 9.59 Å². The molecule has 0 saturated carbocycles. The van der Waals surface area contributed by atoms with Gasteiger partial charge in [0, 0.05) is 17.8 Å². The number of ether oxygens (including phenoxy) is 3. The molecule has 174 valence electrons. The second-order valence-corrected chi connectivity index (χ2v) is 6.89. The maximum atomic E-state index is 12.9. The molecule has 0 bridgehead atoms. The molecule has 0 saturated heterocycles. The fourth-order valence-corrected chi connectivity index (χ4v) is 3.18. The van der Waals surface area contributed by atoms with Crippen molar-refractivity contribution in [2.75, 3.05) is 26.1 Å². The zero-order valence-corrected chi connectivity index (χ0v) is 18.6. The first-order valence-electron chi connectivity index (χ1n) is 10.2. The first-order chi connectivity index (χ1) is 16.5. The highest BCUT2D eigenvalue weighted by atomic mass is 16.6. The molecule has 11 nitrogen and oxygen atoms in total. The van der Waals surface area contributed by atoms with E-state index in [1.165, 1.54) is 31.2 Å². The summed E-state index contributed by atoms with van der Waals surface area (Å²) in [6.45, 7) is 2.44. The standard InChI is InChI=1S/C23H21N5O6/c1-4-33-16-8-6-15(7-9-16)28-12-11-17(29)21(25-28)23(30)24-22-20(26-34-27-22)14-5-10-18(31-2)19(13-14)32-3/h5-13H,4H2,1-3H3,(H,24,27,30). The van der Waals surface area contributed by atoms with E-state index in [-0.39, 0.29) is 17.2 Å². The summed E-state index contributed by atoms with van der Waals surface area (Å²) in [5.74, 6) is 0.948. The zero-order chi connectivity index (χ0) is 24.1. The van der Waals surface area contributed by atoms with Gasteiger partial charge in [-0.15, -0.1) is 0 Å². The van der Waals surface area contributed by atoms with Gasteiger partial charge in [-0.05, 0) is 59.7 Å². The molecule has 4 aromatic rings. The van der Waals surface area contributed by atoms with E-state index in [1.807, 2.05) is 6.92 Å². The van der Waals surface area contributed by atoms with Crippen LogP contribution in [-0.4, -0.2) is 46.8 Å². The maximum Gasteiger partial charge on any atom is 0.281 e. The lowest BCUT2D eigenvalue weighted by atomic mass is 10.1. The van der Waals surface area contributed by atoms with E-state index in [2.05, 4.69) is 20.7 Å². The van der Waals surface area contributed by atoms with Crippen LogP contribution in [0.1, 0.15) is 17.4 Å². The minimum atomic E-state index is -0.761. The summed E-state index contributed by atoms with van der Waals surface area (Å²) < 4.78 is 22.2. The van der Waals surface area contributed by atoms with Crippen LogP contribution in [0.2, 0.25) is 0 Å². The Morgan fingerprint density at radius 3 is 2.50 bits per heavy atom. The molecule has 2 aromatic heterocycles. The molecule has 4 rings (SSSR count). The van der Waals surface area contributed by atoms with Crippen LogP contribution in [0.15, 0.2) is 64.2 Å². The lowest BCUT2D eigenvalue weighted by molar-refractivity contribution is 0.101. The number of benzene rings is 2. The Morgan fingerprint density at radius 1 is 1.03 bits per heavy atom. The fraction of sp³-hybridized carbons (Fsp3) is 0.174. The number of nitrogens with one attached hydrogen (secondary N) is 1. The molecule has 34 heavy (non-hydrogen) atoms. The predicted molar refractivity (Wildman–Crippen MR) is 122 cm³/mol. The van der Waals surface area contributed by atoms with Crippen molar-refractivity contribution in [2.45, 2.75) is 6.92 Å². The third-order valence-electron chi connectivity index (χ3n) is 4.81. The summed E-state index contributed by atoms with van der Waals surface area (Å²) >= 11 is 0. The van der Waals surface area contributed by atoms with E-state index in [0.717, 1.165) is 0 Å². The molecular formula is C23H21N5O6. The third kappa shape index (κ3) is 4.58. The van der Waals surface area contributed by atoms with E-state index < -0.39 is 11.3 Å². The average molecular weight is 463 g/mol. The minimum Gasteiger partial charge on any atom is -0.494 e.